The Bertz CT molecular complexity index is 1630. The van der Waals surface area contributed by atoms with Crippen LogP contribution in [0.25, 0.3) is 11.3 Å². The van der Waals surface area contributed by atoms with Gasteiger partial charge in [0.15, 0.2) is 0 Å². The maximum absolute atomic E-state index is 13.0. The summed E-state index contributed by atoms with van der Waals surface area (Å²) >= 11 is 0. The smallest absolute Gasteiger partial charge is 0.273 e. The molecule has 2 N–H and O–H groups in total. The molecule has 0 atom stereocenters. The molecule has 37 heavy (non-hydrogen) atoms. The maximum Gasteiger partial charge on any atom is 0.273 e. The van der Waals surface area contributed by atoms with Gasteiger partial charge in [-0.15, -0.1) is 0 Å². The van der Waals surface area contributed by atoms with Gasteiger partial charge in [0, 0.05) is 25.7 Å². The average Bonchev–Trinajstić information content (AvgIpc) is 3.45. The van der Waals surface area contributed by atoms with Crippen molar-refractivity contribution in [3.05, 3.63) is 112 Å². The highest BCUT2D eigenvalue weighted by atomic mass is 16.2. The van der Waals surface area contributed by atoms with Crippen LogP contribution in [0.4, 0.5) is 11.6 Å². The number of amides is 2. The van der Waals surface area contributed by atoms with E-state index in [0.29, 0.717) is 41.3 Å². The number of aromatic nitrogens is 4. The first kappa shape index (κ1) is 23.8. The van der Waals surface area contributed by atoms with E-state index in [4.69, 9.17) is 0 Å². The minimum atomic E-state index is -0.404. The van der Waals surface area contributed by atoms with E-state index in [2.05, 4.69) is 15.4 Å². The fourth-order valence-corrected chi connectivity index (χ4v) is 4.29. The highest BCUT2D eigenvalue weighted by Gasteiger charge is 2.20. The van der Waals surface area contributed by atoms with Crippen LogP contribution in [0, 0.1) is 6.92 Å². The van der Waals surface area contributed by atoms with Gasteiger partial charge < -0.3 is 5.32 Å². The van der Waals surface area contributed by atoms with Crippen LogP contribution >= 0.6 is 0 Å². The third-order valence-electron chi connectivity index (χ3n) is 6.17. The van der Waals surface area contributed by atoms with Crippen molar-refractivity contribution in [3.8, 4) is 5.69 Å². The third-order valence-corrected chi connectivity index (χ3v) is 6.17. The zero-order valence-corrected chi connectivity index (χ0v) is 20.5. The maximum atomic E-state index is 13.0. The second-order valence-electron chi connectivity index (χ2n) is 8.74. The molecule has 0 saturated heterocycles. The lowest BCUT2D eigenvalue weighted by Gasteiger charge is -2.18. The summed E-state index contributed by atoms with van der Waals surface area (Å²) in [6.07, 6.45) is 2.63. The van der Waals surface area contributed by atoms with Gasteiger partial charge in [0.05, 0.1) is 16.9 Å². The molecular formula is C28H26N6O3. The second-order valence-corrected chi connectivity index (χ2v) is 8.74. The van der Waals surface area contributed by atoms with Crippen molar-refractivity contribution in [2.75, 3.05) is 17.3 Å². The summed E-state index contributed by atoms with van der Waals surface area (Å²) in [5, 5.41) is 5.65. The minimum absolute atomic E-state index is 0.0524. The van der Waals surface area contributed by atoms with Crippen LogP contribution < -0.4 is 15.8 Å². The highest BCUT2D eigenvalue weighted by molar-refractivity contribution is 6.04. The molecule has 5 aromatic rings. The van der Waals surface area contributed by atoms with E-state index in [1.165, 1.54) is 10.7 Å². The van der Waals surface area contributed by atoms with Gasteiger partial charge in [0.1, 0.15) is 17.3 Å². The largest absolute Gasteiger partial charge is 0.307 e. The molecule has 3 aromatic heterocycles. The molecule has 0 aliphatic carbocycles. The van der Waals surface area contributed by atoms with Gasteiger partial charge in [-0.3, -0.25) is 28.8 Å². The molecule has 0 unspecified atom stereocenters. The lowest BCUT2D eigenvalue weighted by molar-refractivity contribution is -0.118. The first-order chi connectivity index (χ1) is 17.9. The fourth-order valence-electron chi connectivity index (χ4n) is 4.29. The number of hydrogen-bond acceptors (Lipinski definition) is 4. The molecule has 0 aliphatic heterocycles. The van der Waals surface area contributed by atoms with Crippen molar-refractivity contribution >= 4 is 29.1 Å². The van der Waals surface area contributed by atoms with E-state index in [1.807, 2.05) is 55.5 Å². The molecular weight excluding hydrogens is 468 g/mol. The summed E-state index contributed by atoms with van der Waals surface area (Å²) in [6.45, 7) is 1.83. The Morgan fingerprint density at radius 3 is 2.43 bits per heavy atom. The molecule has 3 heterocycles. The molecule has 186 valence electrons. The molecule has 2 aromatic carbocycles. The number of benzene rings is 2. The molecule has 0 spiro atoms. The zero-order valence-electron chi connectivity index (χ0n) is 20.5. The molecule has 0 aliphatic rings. The summed E-state index contributed by atoms with van der Waals surface area (Å²) < 4.78 is 3.09. The number of aromatic amines is 1. The van der Waals surface area contributed by atoms with Crippen LogP contribution in [0.3, 0.4) is 0 Å². The van der Waals surface area contributed by atoms with Gasteiger partial charge in [-0.25, -0.2) is 9.67 Å². The van der Waals surface area contributed by atoms with Crippen LogP contribution in [0.1, 0.15) is 28.0 Å². The molecule has 0 radical (unpaired) electrons. The Morgan fingerprint density at radius 2 is 1.70 bits per heavy atom. The number of nitrogens with one attached hydrogen (secondary N) is 2. The number of hydrogen-bond donors (Lipinski definition) is 2. The Morgan fingerprint density at radius 1 is 1.00 bits per heavy atom. The van der Waals surface area contributed by atoms with Crippen molar-refractivity contribution in [1.82, 2.24) is 19.2 Å². The van der Waals surface area contributed by atoms with E-state index in [0.717, 1.165) is 5.56 Å². The number of anilines is 2. The molecule has 5 rings (SSSR count). The predicted octanol–water partition coefficient (Wildman–Crippen LogP) is 3.97. The topological polar surface area (TPSA) is 104 Å². The van der Waals surface area contributed by atoms with Crippen LogP contribution in [-0.4, -0.2) is 38.0 Å². The number of rotatable bonds is 7. The van der Waals surface area contributed by atoms with Crippen LogP contribution in [0.5, 0.6) is 0 Å². The van der Waals surface area contributed by atoms with E-state index >= 15 is 0 Å². The molecule has 0 saturated carbocycles. The van der Waals surface area contributed by atoms with Crippen LogP contribution in [-0.2, 0) is 11.2 Å². The number of carbonyl (C=O) groups excluding carboxylic acids is 2. The second kappa shape index (κ2) is 9.98. The first-order valence-corrected chi connectivity index (χ1v) is 11.9. The van der Waals surface area contributed by atoms with Crippen LogP contribution in [0.15, 0.2) is 89.9 Å². The van der Waals surface area contributed by atoms with E-state index in [9.17, 15) is 14.4 Å². The first-order valence-electron chi connectivity index (χ1n) is 11.9. The predicted molar refractivity (Wildman–Crippen MR) is 142 cm³/mol. The van der Waals surface area contributed by atoms with Crippen molar-refractivity contribution in [2.45, 2.75) is 19.8 Å². The number of imidazole rings is 1. The number of para-hydroxylation sites is 1. The van der Waals surface area contributed by atoms with Crippen molar-refractivity contribution in [1.29, 1.82) is 0 Å². The Balaban J connectivity index is 1.36. The highest BCUT2D eigenvalue weighted by Crippen LogP contribution is 2.23. The fraction of sp³-hybridized carbons (Fsp3) is 0.143. The minimum Gasteiger partial charge on any atom is -0.307 e. The Labute approximate surface area is 213 Å². The number of pyridine rings is 1. The Hall–Kier alpha value is -4.92. The number of fused-ring (bicyclic) bond motifs is 1. The molecule has 9 heteroatoms. The van der Waals surface area contributed by atoms with Crippen molar-refractivity contribution in [2.24, 2.45) is 0 Å². The lowest BCUT2D eigenvalue weighted by Crippen LogP contribution is -2.28. The van der Waals surface area contributed by atoms with Crippen LogP contribution in [0.2, 0.25) is 0 Å². The Kier molecular flexibility index (Phi) is 6.42. The summed E-state index contributed by atoms with van der Waals surface area (Å²) in [7, 11) is 1.72. The van der Waals surface area contributed by atoms with Gasteiger partial charge in [0.2, 0.25) is 5.91 Å². The molecule has 9 nitrogen and oxygen atoms in total. The average molecular weight is 495 g/mol. The molecule has 0 bridgehead atoms. The lowest BCUT2D eigenvalue weighted by atomic mass is 10.1. The van der Waals surface area contributed by atoms with Gasteiger partial charge in [-0.05, 0) is 43.2 Å². The number of H-pyrrole nitrogens is 1. The normalized spacial score (nSPS) is 11.0. The standard InChI is InChI=1S/C28H26N6O3/c1-19-28(32(2)25(35)16-13-20-9-5-3-6-10-20)33-18-21(14-15-24(33)29-19)27(37)30-23-17-26(36)34(31-23)22-11-7-4-8-12-22/h3-12,14-15,17-18,31H,13,16H2,1-2H3,(H,30,37). The zero-order chi connectivity index (χ0) is 25.9. The van der Waals surface area contributed by atoms with Gasteiger partial charge in [-0.1, -0.05) is 48.5 Å². The third kappa shape index (κ3) is 4.92. The number of carbonyl (C=O) groups is 2. The van der Waals surface area contributed by atoms with E-state index in [-0.39, 0.29) is 17.3 Å². The number of aryl methyl sites for hydroxylation is 2. The summed E-state index contributed by atoms with van der Waals surface area (Å²) in [5.41, 5.74) is 3.11. The van der Waals surface area contributed by atoms with Crippen molar-refractivity contribution in [3.63, 3.8) is 0 Å². The molecule has 0 fully saturated rings. The summed E-state index contributed by atoms with van der Waals surface area (Å²) in [6, 6.07) is 23.7. The van der Waals surface area contributed by atoms with Gasteiger partial charge in [0.25, 0.3) is 11.5 Å². The number of nitrogens with zero attached hydrogens (tertiary/aromatic N) is 4. The molecule has 2 amide bonds. The van der Waals surface area contributed by atoms with Crippen molar-refractivity contribution < 1.29 is 9.59 Å². The monoisotopic (exact) mass is 494 g/mol. The summed E-state index contributed by atoms with van der Waals surface area (Å²) in [5.74, 6) is 0.419. The van der Waals surface area contributed by atoms with Gasteiger partial charge >= 0.3 is 0 Å². The van der Waals surface area contributed by atoms with E-state index in [1.54, 1.807) is 46.8 Å². The quantitative estimate of drug-likeness (QED) is 0.357. The SMILES string of the molecule is Cc1nc2ccc(C(=O)Nc3cc(=O)n(-c4ccccc4)[nH]3)cn2c1N(C)C(=O)CCc1ccccc1. The van der Waals surface area contributed by atoms with Gasteiger partial charge in [-0.2, -0.15) is 0 Å². The summed E-state index contributed by atoms with van der Waals surface area (Å²) in [4.78, 5) is 44.6. The van der Waals surface area contributed by atoms with E-state index < -0.39 is 5.91 Å².